The van der Waals surface area contributed by atoms with Crippen molar-refractivity contribution in [2.75, 3.05) is 0 Å². The Bertz CT molecular complexity index is 890. The first kappa shape index (κ1) is 14.6. The van der Waals surface area contributed by atoms with Crippen LogP contribution >= 0.6 is 11.6 Å². The van der Waals surface area contributed by atoms with Crippen LogP contribution in [0.15, 0.2) is 47.4 Å². The molecule has 0 atom stereocenters. The molecule has 112 valence electrons. The fourth-order valence-corrected chi connectivity index (χ4v) is 3.05. The van der Waals surface area contributed by atoms with Crippen molar-refractivity contribution in [3.05, 3.63) is 58.6 Å². The Morgan fingerprint density at radius 1 is 0.909 bits per heavy atom. The topological polar surface area (TPSA) is 89.5 Å². The Morgan fingerprint density at radius 2 is 1.55 bits per heavy atom. The molecule has 0 fully saturated rings. The molecule has 1 aliphatic heterocycles. The van der Waals surface area contributed by atoms with E-state index in [1.807, 2.05) is 0 Å². The van der Waals surface area contributed by atoms with Crippen molar-refractivity contribution < 1.29 is 22.2 Å². The van der Waals surface area contributed by atoms with Gasteiger partial charge in [-0.2, -0.15) is 8.42 Å². The third-order valence-electron chi connectivity index (χ3n) is 3.02. The van der Waals surface area contributed by atoms with Gasteiger partial charge in [-0.15, -0.1) is 0 Å². The second-order valence-electron chi connectivity index (χ2n) is 4.48. The Labute approximate surface area is 130 Å². The number of amides is 2. The van der Waals surface area contributed by atoms with Gasteiger partial charge >= 0.3 is 10.1 Å². The quantitative estimate of drug-likeness (QED) is 0.683. The van der Waals surface area contributed by atoms with Crippen LogP contribution in [0.4, 0.5) is 0 Å². The Kier molecular flexibility index (Phi) is 3.38. The maximum atomic E-state index is 12.2. The lowest BCUT2D eigenvalue weighted by Gasteiger charge is -2.07. The van der Waals surface area contributed by atoms with Gasteiger partial charge in [0, 0.05) is 5.02 Å². The van der Waals surface area contributed by atoms with Crippen molar-refractivity contribution in [2.24, 2.45) is 0 Å². The van der Waals surface area contributed by atoms with Crippen LogP contribution in [0.2, 0.25) is 5.02 Å². The largest absolute Gasteiger partial charge is 0.379 e. The van der Waals surface area contributed by atoms with E-state index in [4.69, 9.17) is 15.8 Å². The summed E-state index contributed by atoms with van der Waals surface area (Å²) in [6.07, 6.45) is 0. The predicted octanol–water partition coefficient (Wildman–Crippen LogP) is 1.99. The summed E-state index contributed by atoms with van der Waals surface area (Å²) in [6.45, 7) is 0. The van der Waals surface area contributed by atoms with Crippen molar-refractivity contribution in [2.45, 2.75) is 4.90 Å². The molecule has 6 nitrogen and oxygen atoms in total. The summed E-state index contributed by atoms with van der Waals surface area (Å²) in [4.78, 5) is 22.8. The molecule has 1 aliphatic rings. The van der Waals surface area contributed by atoms with E-state index in [1.54, 1.807) is 0 Å². The van der Waals surface area contributed by atoms with Crippen LogP contribution in [-0.4, -0.2) is 20.2 Å². The second-order valence-corrected chi connectivity index (χ2v) is 6.46. The van der Waals surface area contributed by atoms with Crippen molar-refractivity contribution in [3.8, 4) is 5.75 Å². The fraction of sp³-hybridized carbons (Fsp3) is 0. The molecule has 22 heavy (non-hydrogen) atoms. The number of imide groups is 1. The molecule has 2 aromatic rings. The molecule has 8 heteroatoms. The Morgan fingerprint density at radius 3 is 2.23 bits per heavy atom. The zero-order valence-electron chi connectivity index (χ0n) is 10.9. The van der Waals surface area contributed by atoms with Crippen LogP contribution in [0.25, 0.3) is 0 Å². The van der Waals surface area contributed by atoms with E-state index in [-0.39, 0.29) is 21.8 Å². The maximum Gasteiger partial charge on any atom is 0.339 e. The second kappa shape index (κ2) is 5.11. The highest BCUT2D eigenvalue weighted by Gasteiger charge is 2.29. The standard InChI is InChI=1S/C14H8ClNO5S/c15-8-1-3-9(4-2-8)21-22(19,20)10-5-6-11-12(7-10)14(18)16-13(11)17/h1-7H,(H,16,17,18). The minimum absolute atomic E-state index is 0.00535. The third kappa shape index (κ3) is 2.56. The molecule has 0 saturated carbocycles. The van der Waals surface area contributed by atoms with Gasteiger partial charge in [-0.05, 0) is 42.5 Å². The minimum Gasteiger partial charge on any atom is -0.379 e. The number of carbonyl (C=O) groups excluding carboxylic acids is 2. The van der Waals surface area contributed by atoms with E-state index in [0.29, 0.717) is 5.02 Å². The number of benzene rings is 2. The SMILES string of the molecule is O=C1NC(=O)c2cc(S(=O)(=O)Oc3ccc(Cl)cc3)ccc21. The first-order valence-corrected chi connectivity index (χ1v) is 7.85. The van der Waals surface area contributed by atoms with E-state index in [9.17, 15) is 18.0 Å². The van der Waals surface area contributed by atoms with Crippen LogP contribution in [0.3, 0.4) is 0 Å². The van der Waals surface area contributed by atoms with Crippen LogP contribution in [-0.2, 0) is 10.1 Å². The Hall–Kier alpha value is -2.38. The van der Waals surface area contributed by atoms with Gasteiger partial charge in [0.15, 0.2) is 0 Å². The third-order valence-corrected chi connectivity index (χ3v) is 4.51. The molecule has 3 rings (SSSR count). The van der Waals surface area contributed by atoms with Crippen molar-refractivity contribution >= 4 is 33.5 Å². The number of rotatable bonds is 3. The van der Waals surface area contributed by atoms with Crippen LogP contribution in [0.5, 0.6) is 5.75 Å². The molecule has 0 spiro atoms. The molecule has 0 aliphatic carbocycles. The average Bonchev–Trinajstić information content (AvgIpc) is 2.76. The van der Waals surface area contributed by atoms with Crippen molar-refractivity contribution in [1.29, 1.82) is 0 Å². The summed E-state index contributed by atoms with van der Waals surface area (Å²) in [7, 11) is -4.12. The number of carbonyl (C=O) groups is 2. The molecule has 1 heterocycles. The highest BCUT2D eigenvalue weighted by atomic mass is 35.5. The lowest BCUT2D eigenvalue weighted by Crippen LogP contribution is -2.19. The number of nitrogens with one attached hydrogen (secondary N) is 1. The summed E-state index contributed by atoms with van der Waals surface area (Å²) < 4.78 is 29.4. The van der Waals surface area contributed by atoms with Gasteiger partial charge in [0.2, 0.25) is 0 Å². The maximum absolute atomic E-state index is 12.2. The Balaban J connectivity index is 1.96. The normalized spacial score (nSPS) is 13.7. The fourth-order valence-electron chi connectivity index (χ4n) is 1.97. The van der Waals surface area contributed by atoms with Crippen molar-refractivity contribution in [3.63, 3.8) is 0 Å². The number of hydrogen-bond acceptors (Lipinski definition) is 5. The minimum atomic E-state index is -4.12. The van der Waals surface area contributed by atoms with Gasteiger partial charge in [-0.3, -0.25) is 14.9 Å². The van der Waals surface area contributed by atoms with Crippen LogP contribution in [0.1, 0.15) is 20.7 Å². The first-order chi connectivity index (χ1) is 10.4. The van der Waals surface area contributed by atoms with Crippen LogP contribution in [0, 0.1) is 0 Å². The zero-order valence-corrected chi connectivity index (χ0v) is 12.4. The average molecular weight is 338 g/mol. The summed E-state index contributed by atoms with van der Waals surface area (Å²) in [5, 5.41) is 2.53. The lowest BCUT2D eigenvalue weighted by molar-refractivity contribution is 0.0879. The number of hydrogen-bond donors (Lipinski definition) is 1. The van der Waals surface area contributed by atoms with Crippen LogP contribution < -0.4 is 9.50 Å². The number of halogens is 1. The smallest absolute Gasteiger partial charge is 0.339 e. The molecule has 0 unspecified atom stereocenters. The van der Waals surface area contributed by atoms with E-state index in [2.05, 4.69) is 5.32 Å². The van der Waals surface area contributed by atoms with Gasteiger partial charge in [0.05, 0.1) is 11.1 Å². The van der Waals surface area contributed by atoms with E-state index < -0.39 is 21.9 Å². The summed E-state index contributed by atoms with van der Waals surface area (Å²) in [5.74, 6) is -1.10. The van der Waals surface area contributed by atoms with Gasteiger partial charge in [-0.25, -0.2) is 0 Å². The molecule has 0 radical (unpaired) electrons. The van der Waals surface area contributed by atoms with Gasteiger partial charge in [0.25, 0.3) is 11.8 Å². The highest BCUT2D eigenvalue weighted by molar-refractivity contribution is 7.87. The lowest BCUT2D eigenvalue weighted by atomic mass is 10.1. The molecular weight excluding hydrogens is 330 g/mol. The van der Waals surface area contributed by atoms with E-state index >= 15 is 0 Å². The zero-order chi connectivity index (χ0) is 15.9. The molecular formula is C14H8ClNO5S. The summed E-state index contributed by atoms with van der Waals surface area (Å²) >= 11 is 5.71. The molecule has 2 aromatic carbocycles. The summed E-state index contributed by atoms with van der Waals surface area (Å²) in [5.41, 5.74) is 0.140. The van der Waals surface area contributed by atoms with E-state index in [1.165, 1.54) is 36.4 Å². The van der Waals surface area contributed by atoms with Gasteiger partial charge in [0.1, 0.15) is 10.6 Å². The molecule has 0 saturated heterocycles. The molecule has 0 aromatic heterocycles. The molecule has 2 amide bonds. The summed E-state index contributed by atoms with van der Waals surface area (Å²) in [6, 6.07) is 9.38. The van der Waals surface area contributed by atoms with Crippen molar-refractivity contribution in [1.82, 2.24) is 5.32 Å². The molecule has 0 bridgehead atoms. The van der Waals surface area contributed by atoms with Gasteiger partial charge in [-0.1, -0.05) is 11.6 Å². The van der Waals surface area contributed by atoms with Gasteiger partial charge < -0.3 is 4.18 Å². The monoisotopic (exact) mass is 337 g/mol. The molecule has 1 N–H and O–H groups in total. The number of fused-ring (bicyclic) bond motifs is 1. The highest BCUT2D eigenvalue weighted by Crippen LogP contribution is 2.24. The first-order valence-electron chi connectivity index (χ1n) is 6.06. The van der Waals surface area contributed by atoms with E-state index in [0.717, 1.165) is 6.07 Å². The predicted molar refractivity (Wildman–Crippen MR) is 77.5 cm³/mol.